The van der Waals surface area contributed by atoms with Gasteiger partial charge in [-0.15, -0.1) is 11.3 Å². The van der Waals surface area contributed by atoms with Gasteiger partial charge in [-0.05, 0) is 36.3 Å². The second-order valence-corrected chi connectivity index (χ2v) is 12.7. The zero-order chi connectivity index (χ0) is 29.3. The molecule has 0 amide bonds. The molecule has 4 nitrogen and oxygen atoms in total. The number of rotatable bonds is 34. The largest absolute Gasteiger partial charge is 0.379 e. The third kappa shape index (κ3) is 26.9. The molecule has 0 atom stereocenters. The molecular weight excluding hydrogens is 528 g/mol. The van der Waals surface area contributed by atoms with Crippen molar-refractivity contribution in [3.63, 3.8) is 0 Å². The zero-order valence-corrected chi connectivity index (χ0v) is 28.2. The SMILES string of the molecule is CCCCCCCCCCCCOCCOCCc1ccsc1CCOCCOCCCCCCCCCCCC. The van der Waals surface area contributed by atoms with E-state index in [4.69, 9.17) is 18.9 Å². The molecule has 0 unspecified atom stereocenters. The Morgan fingerprint density at radius 2 is 0.780 bits per heavy atom. The van der Waals surface area contributed by atoms with E-state index in [-0.39, 0.29) is 0 Å². The third-order valence-electron chi connectivity index (χ3n) is 7.86. The van der Waals surface area contributed by atoms with Gasteiger partial charge in [0.25, 0.3) is 0 Å². The van der Waals surface area contributed by atoms with E-state index in [9.17, 15) is 0 Å². The van der Waals surface area contributed by atoms with Gasteiger partial charge in [0, 0.05) is 24.5 Å². The molecule has 5 heteroatoms. The molecule has 1 aromatic rings. The molecule has 0 saturated carbocycles. The summed E-state index contributed by atoms with van der Waals surface area (Å²) in [5.74, 6) is 0. The molecule has 0 N–H and O–H groups in total. The van der Waals surface area contributed by atoms with E-state index in [1.807, 2.05) is 11.3 Å². The Morgan fingerprint density at radius 1 is 0.415 bits per heavy atom. The van der Waals surface area contributed by atoms with Crippen molar-refractivity contribution in [2.75, 3.05) is 52.9 Å². The van der Waals surface area contributed by atoms with Crippen LogP contribution in [0.2, 0.25) is 0 Å². The van der Waals surface area contributed by atoms with Crippen LogP contribution in [0.5, 0.6) is 0 Å². The average molecular weight is 597 g/mol. The molecular formula is C36H68O4S. The summed E-state index contributed by atoms with van der Waals surface area (Å²) in [7, 11) is 0. The molecule has 1 rings (SSSR count). The van der Waals surface area contributed by atoms with Crippen LogP contribution in [0.3, 0.4) is 0 Å². The minimum atomic E-state index is 0.694. The van der Waals surface area contributed by atoms with Crippen LogP contribution in [-0.4, -0.2) is 52.9 Å². The normalized spacial score (nSPS) is 11.6. The van der Waals surface area contributed by atoms with Crippen LogP contribution < -0.4 is 0 Å². The first kappa shape index (κ1) is 38.6. The molecule has 242 valence electrons. The van der Waals surface area contributed by atoms with Gasteiger partial charge in [0.15, 0.2) is 0 Å². The Morgan fingerprint density at radius 3 is 1.22 bits per heavy atom. The van der Waals surface area contributed by atoms with Crippen LogP contribution in [0.15, 0.2) is 11.4 Å². The molecule has 0 aliphatic heterocycles. The molecule has 0 fully saturated rings. The molecule has 1 aromatic heterocycles. The highest BCUT2D eigenvalue weighted by atomic mass is 32.1. The van der Waals surface area contributed by atoms with Gasteiger partial charge in [-0.1, -0.05) is 129 Å². The molecule has 0 bridgehead atoms. The van der Waals surface area contributed by atoms with E-state index < -0.39 is 0 Å². The fourth-order valence-electron chi connectivity index (χ4n) is 5.18. The number of ether oxygens (including phenoxy) is 4. The monoisotopic (exact) mass is 596 g/mol. The average Bonchev–Trinajstić information content (AvgIpc) is 3.43. The van der Waals surface area contributed by atoms with Gasteiger partial charge in [0.1, 0.15) is 0 Å². The summed E-state index contributed by atoms with van der Waals surface area (Å²) in [6.07, 6.45) is 29.2. The Labute approximate surface area is 259 Å². The van der Waals surface area contributed by atoms with Gasteiger partial charge in [-0.2, -0.15) is 0 Å². The molecule has 0 aliphatic rings. The van der Waals surface area contributed by atoms with E-state index in [2.05, 4.69) is 25.3 Å². The van der Waals surface area contributed by atoms with Gasteiger partial charge in [0.05, 0.1) is 39.6 Å². The molecule has 41 heavy (non-hydrogen) atoms. The third-order valence-corrected chi connectivity index (χ3v) is 8.88. The quantitative estimate of drug-likeness (QED) is 0.0742. The van der Waals surface area contributed by atoms with Crippen molar-refractivity contribution in [2.24, 2.45) is 0 Å². The van der Waals surface area contributed by atoms with Crippen LogP contribution in [0.1, 0.15) is 153 Å². The summed E-state index contributed by atoms with van der Waals surface area (Å²) in [5.41, 5.74) is 1.40. The van der Waals surface area contributed by atoms with Gasteiger partial charge in [-0.25, -0.2) is 0 Å². The Bertz CT molecular complexity index is 570. The Balaban J connectivity index is 1.82. The van der Waals surface area contributed by atoms with Crippen molar-refractivity contribution in [3.8, 4) is 0 Å². The van der Waals surface area contributed by atoms with Crippen molar-refractivity contribution in [3.05, 3.63) is 21.9 Å². The van der Waals surface area contributed by atoms with Crippen LogP contribution in [0, 0.1) is 0 Å². The summed E-state index contributed by atoms with van der Waals surface area (Å²) in [6.45, 7) is 10.7. The van der Waals surface area contributed by atoms with Gasteiger partial charge < -0.3 is 18.9 Å². The maximum Gasteiger partial charge on any atom is 0.0700 e. The second kappa shape index (κ2) is 32.5. The van der Waals surface area contributed by atoms with Crippen LogP contribution in [-0.2, 0) is 31.8 Å². The standard InChI is InChI=1S/C36H68O4S/c1-3-5-7-9-11-13-15-17-19-21-26-37-30-32-39-28-23-35-25-34-41-36(35)24-29-40-33-31-38-27-22-20-18-16-14-12-10-8-6-4-2/h25,34H,3-24,26-33H2,1-2H3. The van der Waals surface area contributed by atoms with Crippen LogP contribution in [0.4, 0.5) is 0 Å². The summed E-state index contributed by atoms with van der Waals surface area (Å²) < 4.78 is 23.2. The predicted octanol–water partition coefficient (Wildman–Crippen LogP) is 10.7. The van der Waals surface area contributed by atoms with E-state index in [0.717, 1.165) is 39.3 Å². The molecule has 0 aromatic carbocycles. The maximum absolute atomic E-state index is 5.83. The summed E-state index contributed by atoms with van der Waals surface area (Å²) in [4.78, 5) is 1.43. The van der Waals surface area contributed by atoms with Gasteiger partial charge in [0.2, 0.25) is 0 Å². The molecule has 0 saturated heterocycles. The molecule has 0 aliphatic carbocycles. The van der Waals surface area contributed by atoms with Gasteiger partial charge >= 0.3 is 0 Å². The summed E-state index contributed by atoms with van der Waals surface area (Å²) in [5, 5.41) is 2.19. The van der Waals surface area contributed by atoms with Crippen molar-refractivity contribution < 1.29 is 18.9 Å². The van der Waals surface area contributed by atoms with E-state index in [0.29, 0.717) is 26.4 Å². The minimum absolute atomic E-state index is 0.694. The first-order valence-electron chi connectivity index (χ1n) is 17.7. The first-order chi connectivity index (χ1) is 20.4. The lowest BCUT2D eigenvalue weighted by Gasteiger charge is -2.08. The van der Waals surface area contributed by atoms with E-state index in [1.165, 1.54) is 139 Å². The van der Waals surface area contributed by atoms with Crippen molar-refractivity contribution in [1.29, 1.82) is 0 Å². The highest BCUT2D eigenvalue weighted by Crippen LogP contribution is 2.18. The topological polar surface area (TPSA) is 36.9 Å². The van der Waals surface area contributed by atoms with Crippen molar-refractivity contribution in [1.82, 2.24) is 0 Å². The Kier molecular flexibility index (Phi) is 30.5. The lowest BCUT2D eigenvalue weighted by atomic mass is 10.1. The van der Waals surface area contributed by atoms with E-state index >= 15 is 0 Å². The van der Waals surface area contributed by atoms with E-state index in [1.54, 1.807) is 0 Å². The molecule has 1 heterocycles. The lowest BCUT2D eigenvalue weighted by molar-refractivity contribution is 0.0464. The molecule has 0 radical (unpaired) electrons. The highest BCUT2D eigenvalue weighted by molar-refractivity contribution is 7.10. The predicted molar refractivity (Wildman–Crippen MR) is 179 cm³/mol. The maximum atomic E-state index is 5.83. The summed E-state index contributed by atoms with van der Waals surface area (Å²) >= 11 is 1.83. The Hall–Kier alpha value is -0.460. The lowest BCUT2D eigenvalue weighted by Crippen LogP contribution is -2.09. The minimum Gasteiger partial charge on any atom is -0.379 e. The van der Waals surface area contributed by atoms with Crippen LogP contribution in [0.25, 0.3) is 0 Å². The number of thiophene rings is 1. The highest BCUT2D eigenvalue weighted by Gasteiger charge is 2.05. The van der Waals surface area contributed by atoms with Crippen LogP contribution >= 0.6 is 11.3 Å². The molecule has 0 spiro atoms. The van der Waals surface area contributed by atoms with Crippen molar-refractivity contribution in [2.45, 2.75) is 155 Å². The van der Waals surface area contributed by atoms with Crippen molar-refractivity contribution >= 4 is 11.3 Å². The number of hydrogen-bond acceptors (Lipinski definition) is 5. The van der Waals surface area contributed by atoms with Gasteiger partial charge in [-0.3, -0.25) is 0 Å². The smallest absolute Gasteiger partial charge is 0.0700 e. The number of hydrogen-bond donors (Lipinski definition) is 0. The first-order valence-corrected chi connectivity index (χ1v) is 18.6. The fourth-order valence-corrected chi connectivity index (χ4v) is 6.10. The zero-order valence-electron chi connectivity index (χ0n) is 27.4. The fraction of sp³-hybridized carbons (Fsp3) is 0.889. The number of unbranched alkanes of at least 4 members (excludes halogenated alkanes) is 18. The second-order valence-electron chi connectivity index (χ2n) is 11.7. The summed E-state index contributed by atoms with van der Waals surface area (Å²) in [6, 6.07) is 2.24.